The van der Waals surface area contributed by atoms with Gasteiger partial charge in [0.05, 0.1) is 19.1 Å². The highest BCUT2D eigenvalue weighted by Gasteiger charge is 2.30. The summed E-state index contributed by atoms with van der Waals surface area (Å²) >= 11 is 6.70. The molecule has 0 unspecified atom stereocenters. The van der Waals surface area contributed by atoms with Crippen LogP contribution in [0.1, 0.15) is 34.5 Å². The fraction of sp³-hybridized carbons (Fsp3) is 0.158. The number of aliphatic hydroxyl groups excluding tert-OH is 1. The van der Waals surface area contributed by atoms with Crippen LogP contribution >= 0.6 is 31.9 Å². The first kappa shape index (κ1) is 38.6. The number of nitro groups is 1. The number of nitro benzene ring substituents is 1. The van der Waals surface area contributed by atoms with Gasteiger partial charge in [-0.25, -0.2) is 9.59 Å². The minimum absolute atomic E-state index is 0.0492. The van der Waals surface area contributed by atoms with Crippen molar-refractivity contribution in [1.29, 1.82) is 0 Å². The molecule has 0 amide bonds. The molecule has 13 heteroatoms. The molecule has 0 heterocycles. The molecule has 264 valence electrons. The monoisotopic (exact) mass is 821 g/mol. The van der Waals surface area contributed by atoms with Gasteiger partial charge in [0.25, 0.3) is 0 Å². The average molecular weight is 823 g/mol. The molecule has 0 radical (unpaired) electrons. The van der Waals surface area contributed by atoms with Gasteiger partial charge in [-0.3, -0.25) is 10.1 Å². The maximum atomic E-state index is 12.5. The van der Waals surface area contributed by atoms with E-state index in [0.717, 1.165) is 15.6 Å². The molecule has 0 bridgehead atoms. The predicted molar refractivity (Wildman–Crippen MR) is 195 cm³/mol. The zero-order valence-electron chi connectivity index (χ0n) is 27.4. The Morgan fingerprint density at radius 3 is 1.65 bits per heavy atom. The second-order valence-electron chi connectivity index (χ2n) is 10.6. The van der Waals surface area contributed by atoms with Crippen molar-refractivity contribution in [3.8, 4) is 17.2 Å². The van der Waals surface area contributed by atoms with Gasteiger partial charge in [-0.05, 0) is 53.6 Å². The molecule has 5 aromatic carbocycles. The average Bonchev–Trinajstić information content (AvgIpc) is 3.16. The normalized spacial score (nSPS) is 11.5. The number of rotatable bonds is 13. The van der Waals surface area contributed by atoms with Crippen LogP contribution in [0.2, 0.25) is 0 Å². The lowest BCUT2D eigenvalue weighted by molar-refractivity contribution is -0.386. The zero-order chi connectivity index (χ0) is 36.8. The van der Waals surface area contributed by atoms with Gasteiger partial charge in [0, 0.05) is 26.1 Å². The van der Waals surface area contributed by atoms with E-state index in [1.165, 1.54) is 32.4 Å². The highest BCUT2D eigenvalue weighted by Crippen LogP contribution is 2.36. The number of hydrogen-bond acceptors (Lipinski definition) is 10. The maximum Gasteiger partial charge on any atom is 0.351 e. The van der Waals surface area contributed by atoms with Crippen molar-refractivity contribution in [3.63, 3.8) is 0 Å². The first-order valence-electron chi connectivity index (χ1n) is 15.3. The molecule has 5 aromatic rings. The van der Waals surface area contributed by atoms with Gasteiger partial charge in [0.2, 0.25) is 6.10 Å². The Morgan fingerprint density at radius 2 is 1.14 bits per heavy atom. The van der Waals surface area contributed by atoms with Crippen LogP contribution in [0.3, 0.4) is 0 Å². The number of para-hydroxylation sites is 2. The first-order valence-corrected chi connectivity index (χ1v) is 16.9. The number of carbonyl (C=O) groups is 2. The Balaban J connectivity index is 0.000000244. The number of nitrogens with zero attached hydrogens (tertiary/aromatic N) is 1. The summed E-state index contributed by atoms with van der Waals surface area (Å²) in [6.45, 7) is 0.623. The van der Waals surface area contributed by atoms with Crippen molar-refractivity contribution < 1.29 is 43.3 Å². The number of methoxy groups -OCH3 is 2. The van der Waals surface area contributed by atoms with E-state index in [1.54, 1.807) is 42.5 Å². The van der Waals surface area contributed by atoms with Crippen molar-refractivity contribution in [2.75, 3.05) is 14.2 Å². The van der Waals surface area contributed by atoms with E-state index in [2.05, 4.69) is 36.6 Å². The fourth-order valence-corrected chi connectivity index (χ4v) is 5.37. The van der Waals surface area contributed by atoms with Crippen LogP contribution in [0.5, 0.6) is 17.2 Å². The van der Waals surface area contributed by atoms with Crippen molar-refractivity contribution in [2.24, 2.45) is 0 Å². The van der Waals surface area contributed by atoms with E-state index >= 15 is 0 Å². The molecule has 0 spiro atoms. The van der Waals surface area contributed by atoms with Crippen molar-refractivity contribution in [3.05, 3.63) is 163 Å². The van der Waals surface area contributed by atoms with Crippen LogP contribution in [-0.4, -0.2) is 36.2 Å². The molecule has 0 saturated carbocycles. The fourth-order valence-electron chi connectivity index (χ4n) is 4.61. The van der Waals surface area contributed by atoms with Crippen LogP contribution < -0.4 is 14.2 Å². The van der Waals surface area contributed by atoms with Gasteiger partial charge in [-0.2, -0.15) is 0 Å². The number of benzene rings is 5. The summed E-state index contributed by atoms with van der Waals surface area (Å²) in [4.78, 5) is 34.8. The molecule has 0 aliphatic rings. The number of aliphatic hydroxyl groups is 1. The maximum absolute atomic E-state index is 12.5. The third-order valence-corrected chi connectivity index (χ3v) is 8.13. The molecule has 2 atom stereocenters. The van der Waals surface area contributed by atoms with Gasteiger partial charge in [-0.1, -0.05) is 105 Å². The molecule has 0 fully saturated rings. The third-order valence-electron chi connectivity index (χ3n) is 7.14. The van der Waals surface area contributed by atoms with E-state index in [0.29, 0.717) is 33.7 Å². The van der Waals surface area contributed by atoms with Crippen molar-refractivity contribution >= 4 is 49.5 Å². The standard InChI is InChI=1S/C22H18BrNO6.C16H15BrO4/c1-28-22(25)21(30-20-10-6-5-9-18(20)24(26)27)17-13-16(23)11-12-19(17)29-14-15-7-3-2-4-8-15;1-20-16(19)15(18)13-9-12(17)7-8-14(13)21-10-11-5-3-2-4-6-11/h2-13,21H,14H2,1H3;2-9,15,18H,10H2,1H3/t21-;15-/m01/s1. The smallest absolute Gasteiger partial charge is 0.351 e. The first-order chi connectivity index (χ1) is 24.6. The van der Waals surface area contributed by atoms with Gasteiger partial charge < -0.3 is 28.8 Å². The highest BCUT2D eigenvalue weighted by molar-refractivity contribution is 9.10. The van der Waals surface area contributed by atoms with E-state index in [1.807, 2.05) is 60.7 Å². The molecule has 5 rings (SSSR count). The number of esters is 2. The summed E-state index contributed by atoms with van der Waals surface area (Å²) in [7, 11) is 2.45. The molecule has 0 aliphatic heterocycles. The minimum Gasteiger partial charge on any atom is -0.489 e. The van der Waals surface area contributed by atoms with Crippen LogP contribution in [0, 0.1) is 10.1 Å². The second kappa shape index (κ2) is 19.2. The summed E-state index contributed by atoms with van der Waals surface area (Å²) in [5, 5.41) is 21.4. The van der Waals surface area contributed by atoms with Crippen LogP contribution in [0.4, 0.5) is 5.69 Å². The number of ether oxygens (including phenoxy) is 5. The number of hydrogen-bond donors (Lipinski definition) is 1. The second-order valence-corrected chi connectivity index (χ2v) is 12.4. The van der Waals surface area contributed by atoms with Gasteiger partial charge in [-0.15, -0.1) is 0 Å². The SMILES string of the molecule is COC(=O)[C@@H](Oc1ccccc1[N+](=O)[O-])c1cc(Br)ccc1OCc1ccccc1.COC(=O)[C@H](O)c1cc(Br)ccc1OCc1ccccc1. The molecular weight excluding hydrogens is 790 g/mol. The van der Waals surface area contributed by atoms with E-state index in [4.69, 9.17) is 18.9 Å². The third kappa shape index (κ3) is 11.1. The zero-order valence-corrected chi connectivity index (χ0v) is 30.6. The number of carbonyl (C=O) groups excluding carboxylic acids is 2. The summed E-state index contributed by atoms with van der Waals surface area (Å²) in [5.74, 6) is -0.642. The highest BCUT2D eigenvalue weighted by atomic mass is 79.9. The molecular formula is C38H33Br2NO10. The number of halogens is 2. The quantitative estimate of drug-likeness (QED) is 0.0698. The Hall–Kier alpha value is -5.24. The molecule has 11 nitrogen and oxygen atoms in total. The van der Waals surface area contributed by atoms with Gasteiger partial charge in [0.1, 0.15) is 24.7 Å². The molecule has 0 aromatic heterocycles. The Bertz CT molecular complexity index is 1930. The topological polar surface area (TPSA) is 144 Å². The van der Waals surface area contributed by atoms with E-state index in [-0.39, 0.29) is 18.0 Å². The Morgan fingerprint density at radius 1 is 0.667 bits per heavy atom. The lowest BCUT2D eigenvalue weighted by Crippen LogP contribution is -2.21. The Kier molecular flexibility index (Phi) is 14.5. The van der Waals surface area contributed by atoms with Crippen LogP contribution in [0.25, 0.3) is 0 Å². The summed E-state index contributed by atoms with van der Waals surface area (Å²) in [6, 6.07) is 35.3. The van der Waals surface area contributed by atoms with Gasteiger partial charge in [0.15, 0.2) is 11.9 Å². The predicted octanol–water partition coefficient (Wildman–Crippen LogP) is 8.46. The van der Waals surface area contributed by atoms with Crippen LogP contribution in [-0.2, 0) is 32.3 Å². The van der Waals surface area contributed by atoms with Crippen molar-refractivity contribution in [1.82, 2.24) is 0 Å². The summed E-state index contributed by atoms with van der Waals surface area (Å²) < 4.78 is 28.3. The molecule has 0 saturated heterocycles. The van der Waals surface area contributed by atoms with Gasteiger partial charge >= 0.3 is 17.6 Å². The van der Waals surface area contributed by atoms with E-state index in [9.17, 15) is 24.8 Å². The molecule has 51 heavy (non-hydrogen) atoms. The van der Waals surface area contributed by atoms with Crippen LogP contribution in [0.15, 0.2) is 130 Å². The lowest BCUT2D eigenvalue weighted by atomic mass is 10.1. The minimum atomic E-state index is -1.38. The Labute approximate surface area is 311 Å². The molecule has 1 N–H and O–H groups in total. The lowest BCUT2D eigenvalue weighted by Gasteiger charge is -2.20. The van der Waals surface area contributed by atoms with E-state index < -0.39 is 29.1 Å². The summed E-state index contributed by atoms with van der Waals surface area (Å²) in [5.41, 5.74) is 2.44. The summed E-state index contributed by atoms with van der Waals surface area (Å²) in [6.07, 6.45) is -2.64. The molecule has 0 aliphatic carbocycles. The largest absolute Gasteiger partial charge is 0.489 e. The van der Waals surface area contributed by atoms with Crippen molar-refractivity contribution in [2.45, 2.75) is 25.4 Å².